The van der Waals surface area contributed by atoms with E-state index in [2.05, 4.69) is 26.9 Å². The van der Waals surface area contributed by atoms with Crippen LogP contribution in [-0.2, 0) is 10.0 Å². The molecule has 21 heavy (non-hydrogen) atoms. The third-order valence-corrected chi connectivity index (χ3v) is 5.24. The summed E-state index contributed by atoms with van der Waals surface area (Å²) in [5.41, 5.74) is 0. The Morgan fingerprint density at radius 2 is 2.14 bits per heavy atom. The first-order valence-electron chi connectivity index (χ1n) is 6.64. The van der Waals surface area contributed by atoms with Gasteiger partial charge in [-0.15, -0.1) is 11.3 Å². The molecule has 2 aromatic rings. The van der Waals surface area contributed by atoms with Gasteiger partial charge in [-0.05, 0) is 25.5 Å². The highest BCUT2D eigenvalue weighted by Gasteiger charge is 2.20. The van der Waals surface area contributed by atoms with Gasteiger partial charge < -0.3 is 5.32 Å². The molecule has 0 bridgehead atoms. The van der Waals surface area contributed by atoms with E-state index in [1.807, 2.05) is 5.38 Å². The maximum atomic E-state index is 12.3. The van der Waals surface area contributed by atoms with Crippen molar-refractivity contribution in [2.75, 3.05) is 11.9 Å². The number of anilines is 1. The van der Waals surface area contributed by atoms with E-state index in [9.17, 15) is 8.42 Å². The van der Waals surface area contributed by atoms with Crippen LogP contribution in [0, 0.1) is 0 Å². The largest absolute Gasteiger partial charge is 0.370 e. The van der Waals surface area contributed by atoms with Crippen molar-refractivity contribution in [2.24, 2.45) is 0 Å². The van der Waals surface area contributed by atoms with Crippen molar-refractivity contribution in [1.82, 2.24) is 14.7 Å². The molecular weight excluding hydrogens is 308 g/mol. The van der Waals surface area contributed by atoms with Crippen LogP contribution in [0.1, 0.15) is 31.3 Å². The van der Waals surface area contributed by atoms with E-state index in [0.717, 1.165) is 18.0 Å². The molecule has 2 aromatic heterocycles. The molecule has 0 aliphatic rings. The van der Waals surface area contributed by atoms with Crippen LogP contribution in [0.3, 0.4) is 0 Å². The number of nitrogens with zero attached hydrogens (tertiary/aromatic N) is 2. The highest BCUT2D eigenvalue weighted by atomic mass is 32.2. The monoisotopic (exact) mass is 326 g/mol. The molecular formula is C13H18N4O2S2. The van der Waals surface area contributed by atoms with Crippen LogP contribution in [-0.4, -0.2) is 24.9 Å². The summed E-state index contributed by atoms with van der Waals surface area (Å²) in [5.74, 6) is 0.670. The number of hydrogen-bond acceptors (Lipinski definition) is 6. The van der Waals surface area contributed by atoms with Crippen molar-refractivity contribution < 1.29 is 8.42 Å². The standard InChI is InChI=1S/C13H18N4O2S2/c1-3-6-14-12-5-4-11(9-16-12)21(18,19)17-10(2)13-15-7-8-20-13/h4-5,7-10,17H,3,6H2,1-2H3,(H,14,16). The summed E-state index contributed by atoms with van der Waals surface area (Å²) in [5, 5.41) is 5.65. The lowest BCUT2D eigenvalue weighted by Gasteiger charge is -2.12. The zero-order chi connectivity index (χ0) is 15.3. The van der Waals surface area contributed by atoms with E-state index in [1.165, 1.54) is 17.5 Å². The van der Waals surface area contributed by atoms with E-state index < -0.39 is 10.0 Å². The molecule has 0 radical (unpaired) electrons. The summed E-state index contributed by atoms with van der Waals surface area (Å²) in [6, 6.07) is 2.84. The maximum absolute atomic E-state index is 12.3. The first-order valence-corrected chi connectivity index (χ1v) is 9.01. The topological polar surface area (TPSA) is 84.0 Å². The molecule has 2 N–H and O–H groups in total. The normalized spacial score (nSPS) is 13.0. The van der Waals surface area contributed by atoms with Gasteiger partial charge in [0.1, 0.15) is 15.7 Å². The number of rotatable bonds is 7. The minimum atomic E-state index is -3.60. The van der Waals surface area contributed by atoms with Crippen LogP contribution in [0.2, 0.25) is 0 Å². The summed E-state index contributed by atoms with van der Waals surface area (Å²) >= 11 is 1.41. The molecule has 6 nitrogen and oxygen atoms in total. The van der Waals surface area contributed by atoms with E-state index in [1.54, 1.807) is 25.3 Å². The molecule has 0 saturated carbocycles. The second-order valence-electron chi connectivity index (χ2n) is 4.52. The molecule has 0 spiro atoms. The molecule has 0 aliphatic carbocycles. The SMILES string of the molecule is CCCNc1ccc(S(=O)(=O)NC(C)c2nccs2)cn1. The number of pyridine rings is 1. The van der Waals surface area contributed by atoms with Crippen molar-refractivity contribution in [3.05, 3.63) is 34.9 Å². The highest BCUT2D eigenvalue weighted by molar-refractivity contribution is 7.89. The summed E-state index contributed by atoms with van der Waals surface area (Å²) in [4.78, 5) is 8.36. The molecule has 0 amide bonds. The zero-order valence-corrected chi connectivity index (χ0v) is 13.5. The van der Waals surface area contributed by atoms with Crippen molar-refractivity contribution in [3.63, 3.8) is 0 Å². The summed E-state index contributed by atoms with van der Waals surface area (Å²) in [6.07, 6.45) is 3.99. The van der Waals surface area contributed by atoms with Crippen LogP contribution in [0.15, 0.2) is 34.8 Å². The van der Waals surface area contributed by atoms with E-state index in [-0.39, 0.29) is 10.9 Å². The van der Waals surface area contributed by atoms with Crippen molar-refractivity contribution in [2.45, 2.75) is 31.2 Å². The van der Waals surface area contributed by atoms with Gasteiger partial charge >= 0.3 is 0 Å². The van der Waals surface area contributed by atoms with Gasteiger partial charge in [-0.25, -0.2) is 23.1 Å². The Bertz CT molecular complexity index is 654. The fraction of sp³-hybridized carbons (Fsp3) is 0.385. The van der Waals surface area contributed by atoms with Gasteiger partial charge in [0, 0.05) is 24.3 Å². The Labute approximate surface area is 128 Å². The van der Waals surface area contributed by atoms with Crippen LogP contribution < -0.4 is 10.0 Å². The van der Waals surface area contributed by atoms with Gasteiger partial charge in [0.2, 0.25) is 10.0 Å². The van der Waals surface area contributed by atoms with Gasteiger partial charge in [-0.2, -0.15) is 0 Å². The Morgan fingerprint density at radius 1 is 1.33 bits per heavy atom. The molecule has 1 unspecified atom stereocenters. The Balaban J connectivity index is 2.08. The molecule has 1 atom stereocenters. The van der Waals surface area contributed by atoms with E-state index in [4.69, 9.17) is 0 Å². The second kappa shape index (κ2) is 6.97. The number of nitrogens with one attached hydrogen (secondary N) is 2. The minimum Gasteiger partial charge on any atom is -0.370 e. The second-order valence-corrected chi connectivity index (χ2v) is 7.16. The lowest BCUT2D eigenvalue weighted by atomic mass is 10.4. The van der Waals surface area contributed by atoms with Gasteiger partial charge in [-0.1, -0.05) is 6.92 Å². The average Bonchev–Trinajstić information content (AvgIpc) is 2.99. The first kappa shape index (κ1) is 15.9. The Kier molecular flexibility index (Phi) is 5.27. The van der Waals surface area contributed by atoms with Crippen molar-refractivity contribution in [1.29, 1.82) is 0 Å². The Morgan fingerprint density at radius 3 is 2.71 bits per heavy atom. The van der Waals surface area contributed by atoms with E-state index in [0.29, 0.717) is 5.82 Å². The Hall–Kier alpha value is -1.51. The summed E-state index contributed by atoms with van der Waals surface area (Å²) in [7, 11) is -3.60. The van der Waals surface area contributed by atoms with Gasteiger partial charge in [-0.3, -0.25) is 0 Å². The molecule has 0 fully saturated rings. The molecule has 2 rings (SSSR count). The third-order valence-electron chi connectivity index (χ3n) is 2.76. The zero-order valence-electron chi connectivity index (χ0n) is 11.9. The lowest BCUT2D eigenvalue weighted by Crippen LogP contribution is -2.27. The lowest BCUT2D eigenvalue weighted by molar-refractivity contribution is 0.566. The summed E-state index contributed by atoms with van der Waals surface area (Å²) < 4.78 is 27.1. The van der Waals surface area contributed by atoms with Crippen LogP contribution >= 0.6 is 11.3 Å². The fourth-order valence-electron chi connectivity index (χ4n) is 1.70. The number of aromatic nitrogens is 2. The highest BCUT2D eigenvalue weighted by Crippen LogP contribution is 2.18. The smallest absolute Gasteiger partial charge is 0.242 e. The molecule has 8 heteroatoms. The number of thiazole rings is 1. The van der Waals surface area contributed by atoms with Gasteiger partial charge in [0.05, 0.1) is 6.04 Å². The van der Waals surface area contributed by atoms with Gasteiger partial charge in [0.25, 0.3) is 0 Å². The van der Waals surface area contributed by atoms with Crippen molar-refractivity contribution in [3.8, 4) is 0 Å². The average molecular weight is 326 g/mol. The van der Waals surface area contributed by atoms with Crippen LogP contribution in [0.4, 0.5) is 5.82 Å². The van der Waals surface area contributed by atoms with Crippen LogP contribution in [0.5, 0.6) is 0 Å². The predicted molar refractivity (Wildman–Crippen MR) is 83.9 cm³/mol. The molecule has 114 valence electrons. The summed E-state index contributed by atoms with van der Waals surface area (Å²) in [6.45, 7) is 4.62. The molecule has 0 saturated heterocycles. The molecule has 2 heterocycles. The quantitative estimate of drug-likeness (QED) is 0.816. The first-order chi connectivity index (χ1) is 10.0. The molecule has 0 aliphatic heterocycles. The minimum absolute atomic E-state index is 0.146. The fourth-order valence-corrected chi connectivity index (χ4v) is 3.57. The van der Waals surface area contributed by atoms with Crippen LogP contribution in [0.25, 0.3) is 0 Å². The maximum Gasteiger partial charge on any atom is 0.242 e. The third kappa shape index (κ3) is 4.23. The van der Waals surface area contributed by atoms with Gasteiger partial charge in [0.15, 0.2) is 0 Å². The predicted octanol–water partition coefficient (Wildman–Crippen LogP) is 2.40. The number of sulfonamides is 1. The van der Waals surface area contributed by atoms with Crippen molar-refractivity contribution >= 4 is 27.2 Å². The number of hydrogen-bond donors (Lipinski definition) is 2. The molecule has 0 aromatic carbocycles. The van der Waals surface area contributed by atoms with E-state index >= 15 is 0 Å².